The smallest absolute Gasteiger partial charge is 0.0759 e. The summed E-state index contributed by atoms with van der Waals surface area (Å²) in [6, 6.07) is 0.445. The van der Waals surface area contributed by atoms with Gasteiger partial charge in [-0.2, -0.15) is 0 Å². The van der Waals surface area contributed by atoms with Gasteiger partial charge in [0.1, 0.15) is 0 Å². The molecular weight excluding hydrogens is 188 g/mol. The van der Waals surface area contributed by atoms with E-state index in [4.69, 9.17) is 0 Å². The third kappa shape index (κ3) is 2.20. The summed E-state index contributed by atoms with van der Waals surface area (Å²) >= 11 is 0. The van der Waals surface area contributed by atoms with E-state index in [0.29, 0.717) is 12.0 Å². The van der Waals surface area contributed by atoms with Gasteiger partial charge in [0.2, 0.25) is 0 Å². The summed E-state index contributed by atoms with van der Waals surface area (Å²) < 4.78 is 2.04. The van der Waals surface area contributed by atoms with Crippen LogP contribution in [0.25, 0.3) is 0 Å². The van der Waals surface area contributed by atoms with Crippen LogP contribution in [-0.2, 0) is 6.54 Å². The Bertz CT molecular complexity index is 307. The van der Waals surface area contributed by atoms with Gasteiger partial charge >= 0.3 is 0 Å². The second-order valence-corrected chi connectivity index (χ2v) is 4.43. The van der Waals surface area contributed by atoms with E-state index in [2.05, 4.69) is 29.5 Å². The van der Waals surface area contributed by atoms with E-state index in [-0.39, 0.29) is 0 Å². The van der Waals surface area contributed by atoms with E-state index in [1.54, 1.807) is 0 Å². The van der Waals surface area contributed by atoms with Crippen LogP contribution in [0.4, 0.5) is 0 Å². The van der Waals surface area contributed by atoms with Crippen molar-refractivity contribution in [2.75, 3.05) is 6.54 Å². The maximum atomic E-state index is 4.14. The van der Waals surface area contributed by atoms with Crippen LogP contribution in [0, 0.1) is 5.92 Å². The quantitative estimate of drug-likeness (QED) is 0.823. The van der Waals surface area contributed by atoms with Gasteiger partial charge in [0.05, 0.1) is 17.9 Å². The van der Waals surface area contributed by atoms with Crippen molar-refractivity contribution in [2.24, 2.45) is 5.92 Å². The lowest BCUT2D eigenvalue weighted by Gasteiger charge is -2.30. The van der Waals surface area contributed by atoms with E-state index in [1.165, 1.54) is 18.5 Å². The lowest BCUT2D eigenvalue weighted by molar-refractivity contribution is 0.290. The minimum atomic E-state index is 0.445. The highest BCUT2D eigenvalue weighted by Crippen LogP contribution is 2.28. The molecule has 0 aromatic carbocycles. The number of piperidine rings is 1. The van der Waals surface area contributed by atoms with Crippen molar-refractivity contribution in [3.8, 4) is 0 Å². The van der Waals surface area contributed by atoms with Crippen LogP contribution >= 0.6 is 0 Å². The molecule has 15 heavy (non-hydrogen) atoms. The van der Waals surface area contributed by atoms with Crippen molar-refractivity contribution in [3.05, 3.63) is 11.9 Å². The standard InChI is InChI=1S/C11H20N4/c1-3-7-15-10(8-13-14-15)11-9(2)5-4-6-12-11/h8-9,11-12H,3-7H2,1-2H3. The molecule has 0 radical (unpaired) electrons. The van der Waals surface area contributed by atoms with E-state index in [9.17, 15) is 0 Å². The van der Waals surface area contributed by atoms with Crippen molar-refractivity contribution in [1.82, 2.24) is 20.3 Å². The number of hydrogen-bond donors (Lipinski definition) is 1. The molecular formula is C11H20N4. The van der Waals surface area contributed by atoms with Gasteiger partial charge in [-0.3, -0.25) is 0 Å². The number of nitrogens with one attached hydrogen (secondary N) is 1. The first kappa shape index (κ1) is 10.6. The molecule has 1 aromatic heterocycles. The maximum absolute atomic E-state index is 4.14. The first-order chi connectivity index (χ1) is 7.33. The monoisotopic (exact) mass is 208 g/mol. The third-order valence-corrected chi connectivity index (χ3v) is 3.17. The Balaban J connectivity index is 2.15. The second-order valence-electron chi connectivity index (χ2n) is 4.43. The Morgan fingerprint density at radius 2 is 2.47 bits per heavy atom. The number of rotatable bonds is 3. The fourth-order valence-corrected chi connectivity index (χ4v) is 2.34. The molecule has 2 unspecified atom stereocenters. The molecule has 1 saturated heterocycles. The summed E-state index contributed by atoms with van der Waals surface area (Å²) in [6.07, 6.45) is 5.61. The Kier molecular flexibility index (Phi) is 3.36. The average Bonchev–Trinajstić information content (AvgIpc) is 2.67. The molecule has 0 aliphatic carbocycles. The lowest BCUT2D eigenvalue weighted by atomic mass is 9.91. The number of nitrogens with zero attached hydrogens (tertiary/aromatic N) is 3. The predicted octanol–water partition coefficient (Wildman–Crippen LogP) is 1.75. The molecule has 1 aliphatic rings. The third-order valence-electron chi connectivity index (χ3n) is 3.17. The van der Waals surface area contributed by atoms with Gasteiger partial charge in [-0.1, -0.05) is 19.1 Å². The molecule has 1 aromatic rings. The highest BCUT2D eigenvalue weighted by molar-refractivity contribution is 5.05. The number of aryl methyl sites for hydroxylation is 1. The minimum Gasteiger partial charge on any atom is -0.308 e. The molecule has 0 amide bonds. The molecule has 4 heteroatoms. The van der Waals surface area contributed by atoms with Crippen LogP contribution in [0.3, 0.4) is 0 Å². The second kappa shape index (κ2) is 4.75. The first-order valence-corrected chi connectivity index (χ1v) is 5.94. The molecule has 0 bridgehead atoms. The molecule has 2 heterocycles. The van der Waals surface area contributed by atoms with E-state index >= 15 is 0 Å². The Morgan fingerprint density at radius 3 is 3.20 bits per heavy atom. The summed E-state index contributed by atoms with van der Waals surface area (Å²) in [5.74, 6) is 0.688. The molecule has 84 valence electrons. The molecule has 2 atom stereocenters. The highest BCUT2D eigenvalue weighted by atomic mass is 15.4. The van der Waals surface area contributed by atoms with Crippen LogP contribution in [0.5, 0.6) is 0 Å². The lowest BCUT2D eigenvalue weighted by Crippen LogP contribution is -2.34. The average molecular weight is 208 g/mol. The molecule has 1 aliphatic heterocycles. The van der Waals surface area contributed by atoms with Crippen LogP contribution in [0.2, 0.25) is 0 Å². The number of hydrogen-bond acceptors (Lipinski definition) is 3. The zero-order valence-corrected chi connectivity index (χ0v) is 9.61. The zero-order valence-electron chi connectivity index (χ0n) is 9.61. The molecule has 1 fully saturated rings. The highest BCUT2D eigenvalue weighted by Gasteiger charge is 2.25. The van der Waals surface area contributed by atoms with Crippen LogP contribution in [0.1, 0.15) is 44.8 Å². The molecule has 0 saturated carbocycles. The van der Waals surface area contributed by atoms with Gasteiger partial charge in [-0.05, 0) is 31.7 Å². The van der Waals surface area contributed by atoms with Gasteiger partial charge in [-0.25, -0.2) is 4.68 Å². The number of aromatic nitrogens is 3. The SMILES string of the molecule is CCCn1nncc1C1NCCCC1C. The van der Waals surface area contributed by atoms with Gasteiger partial charge in [0, 0.05) is 6.54 Å². The summed E-state index contributed by atoms with van der Waals surface area (Å²) in [7, 11) is 0. The maximum Gasteiger partial charge on any atom is 0.0759 e. The summed E-state index contributed by atoms with van der Waals surface area (Å²) in [4.78, 5) is 0. The normalized spacial score (nSPS) is 26.8. The van der Waals surface area contributed by atoms with Gasteiger partial charge < -0.3 is 5.32 Å². The van der Waals surface area contributed by atoms with Crippen LogP contribution in [-0.4, -0.2) is 21.5 Å². The summed E-state index contributed by atoms with van der Waals surface area (Å²) in [5, 5.41) is 11.7. The Labute approximate surface area is 91.1 Å². The van der Waals surface area contributed by atoms with Crippen LogP contribution < -0.4 is 5.32 Å². The van der Waals surface area contributed by atoms with Crippen molar-refractivity contribution in [2.45, 2.75) is 45.7 Å². The zero-order chi connectivity index (χ0) is 10.7. The summed E-state index contributed by atoms with van der Waals surface area (Å²) in [6.45, 7) is 6.57. The van der Waals surface area contributed by atoms with E-state index in [1.807, 2.05) is 10.9 Å². The largest absolute Gasteiger partial charge is 0.308 e. The molecule has 1 N–H and O–H groups in total. The van der Waals surface area contributed by atoms with E-state index < -0.39 is 0 Å². The fourth-order valence-electron chi connectivity index (χ4n) is 2.34. The Morgan fingerprint density at radius 1 is 1.60 bits per heavy atom. The van der Waals surface area contributed by atoms with Crippen molar-refractivity contribution in [1.29, 1.82) is 0 Å². The van der Waals surface area contributed by atoms with Crippen LogP contribution in [0.15, 0.2) is 6.20 Å². The Hall–Kier alpha value is -0.900. The molecule has 0 spiro atoms. The topological polar surface area (TPSA) is 42.7 Å². The van der Waals surface area contributed by atoms with Crippen molar-refractivity contribution < 1.29 is 0 Å². The van der Waals surface area contributed by atoms with Gasteiger partial charge in [-0.15, -0.1) is 5.10 Å². The van der Waals surface area contributed by atoms with Gasteiger partial charge in [0.15, 0.2) is 0 Å². The summed E-state index contributed by atoms with van der Waals surface area (Å²) in [5.41, 5.74) is 1.25. The van der Waals surface area contributed by atoms with E-state index in [0.717, 1.165) is 19.5 Å². The molecule has 2 rings (SSSR count). The molecule has 4 nitrogen and oxygen atoms in total. The fraction of sp³-hybridized carbons (Fsp3) is 0.818. The van der Waals surface area contributed by atoms with Crippen molar-refractivity contribution >= 4 is 0 Å². The van der Waals surface area contributed by atoms with Gasteiger partial charge in [0.25, 0.3) is 0 Å². The minimum absolute atomic E-state index is 0.445. The van der Waals surface area contributed by atoms with Crippen molar-refractivity contribution in [3.63, 3.8) is 0 Å². The first-order valence-electron chi connectivity index (χ1n) is 5.94. The predicted molar refractivity (Wildman–Crippen MR) is 59.5 cm³/mol.